The highest BCUT2D eigenvalue weighted by molar-refractivity contribution is 6.04. The molecule has 6 heteroatoms. The number of rotatable bonds is 1. The fourth-order valence-electron chi connectivity index (χ4n) is 1.33. The van der Waals surface area contributed by atoms with Crippen LogP contribution in [-0.4, -0.2) is 41.3 Å². The SMILES string of the molecule is CC(C)N=C(N)N1CC(=O)NC(=O)C1C. The molecule has 1 atom stereocenters. The van der Waals surface area contributed by atoms with E-state index >= 15 is 0 Å². The quantitative estimate of drug-likeness (QED) is 0.333. The minimum Gasteiger partial charge on any atom is -0.370 e. The fraction of sp³-hybridized carbons (Fsp3) is 0.667. The minimum absolute atomic E-state index is 0.0392. The van der Waals surface area contributed by atoms with Gasteiger partial charge in [0.25, 0.3) is 0 Å². The highest BCUT2D eigenvalue weighted by Crippen LogP contribution is 2.04. The van der Waals surface area contributed by atoms with Gasteiger partial charge < -0.3 is 10.6 Å². The van der Waals surface area contributed by atoms with Crippen LogP contribution in [0, 0.1) is 0 Å². The number of piperazine rings is 1. The highest BCUT2D eigenvalue weighted by Gasteiger charge is 2.31. The van der Waals surface area contributed by atoms with Crippen molar-refractivity contribution in [3.63, 3.8) is 0 Å². The first-order valence-corrected chi connectivity index (χ1v) is 4.85. The van der Waals surface area contributed by atoms with E-state index in [2.05, 4.69) is 10.3 Å². The summed E-state index contributed by atoms with van der Waals surface area (Å²) < 4.78 is 0. The summed E-state index contributed by atoms with van der Waals surface area (Å²) in [5.74, 6) is -0.450. The summed E-state index contributed by atoms with van der Waals surface area (Å²) in [6.07, 6.45) is 0. The molecule has 0 aromatic heterocycles. The van der Waals surface area contributed by atoms with Crippen molar-refractivity contribution in [1.29, 1.82) is 0 Å². The predicted molar refractivity (Wildman–Crippen MR) is 56.1 cm³/mol. The van der Waals surface area contributed by atoms with Crippen LogP contribution in [0.4, 0.5) is 0 Å². The van der Waals surface area contributed by atoms with Gasteiger partial charge >= 0.3 is 0 Å². The number of nitrogens with one attached hydrogen (secondary N) is 1. The molecular weight excluding hydrogens is 196 g/mol. The lowest BCUT2D eigenvalue weighted by Gasteiger charge is -2.32. The Morgan fingerprint density at radius 2 is 2.20 bits per heavy atom. The van der Waals surface area contributed by atoms with Gasteiger partial charge in [0.1, 0.15) is 12.6 Å². The van der Waals surface area contributed by atoms with Gasteiger partial charge in [0.05, 0.1) is 0 Å². The van der Waals surface area contributed by atoms with Gasteiger partial charge in [-0.25, -0.2) is 0 Å². The van der Waals surface area contributed by atoms with Gasteiger partial charge in [0.2, 0.25) is 11.8 Å². The predicted octanol–water partition coefficient (Wildman–Crippen LogP) is -0.944. The molecule has 0 radical (unpaired) electrons. The van der Waals surface area contributed by atoms with Gasteiger partial charge in [0, 0.05) is 6.04 Å². The summed E-state index contributed by atoms with van der Waals surface area (Å²) in [5, 5.41) is 2.24. The second kappa shape index (κ2) is 4.29. The summed E-state index contributed by atoms with van der Waals surface area (Å²) >= 11 is 0. The summed E-state index contributed by atoms with van der Waals surface area (Å²) in [4.78, 5) is 28.1. The van der Waals surface area contributed by atoms with Gasteiger partial charge in [-0.2, -0.15) is 0 Å². The van der Waals surface area contributed by atoms with Crippen LogP contribution in [0.15, 0.2) is 4.99 Å². The summed E-state index contributed by atoms with van der Waals surface area (Å²) in [7, 11) is 0. The van der Waals surface area contributed by atoms with Crippen LogP contribution in [0.3, 0.4) is 0 Å². The molecule has 3 N–H and O–H groups in total. The van der Waals surface area contributed by atoms with Gasteiger partial charge in [-0.05, 0) is 20.8 Å². The van der Waals surface area contributed by atoms with Gasteiger partial charge in [-0.1, -0.05) is 0 Å². The van der Waals surface area contributed by atoms with E-state index < -0.39 is 6.04 Å². The summed E-state index contributed by atoms with van der Waals surface area (Å²) in [5.41, 5.74) is 5.71. The molecule has 0 aromatic carbocycles. The lowest BCUT2D eigenvalue weighted by Crippen LogP contribution is -2.60. The van der Waals surface area contributed by atoms with Gasteiger partial charge in [-0.3, -0.25) is 19.9 Å². The number of imide groups is 1. The van der Waals surface area contributed by atoms with E-state index in [1.54, 1.807) is 6.92 Å². The Bertz CT molecular complexity index is 311. The van der Waals surface area contributed by atoms with Crippen molar-refractivity contribution >= 4 is 17.8 Å². The molecule has 1 heterocycles. The molecule has 1 rings (SSSR count). The minimum atomic E-state index is -0.454. The first-order valence-electron chi connectivity index (χ1n) is 4.85. The Morgan fingerprint density at radius 3 is 2.73 bits per heavy atom. The lowest BCUT2D eigenvalue weighted by atomic mass is 10.2. The van der Waals surface area contributed by atoms with E-state index in [9.17, 15) is 9.59 Å². The fourth-order valence-corrected chi connectivity index (χ4v) is 1.33. The second-order valence-electron chi connectivity index (χ2n) is 3.80. The monoisotopic (exact) mass is 212 g/mol. The van der Waals surface area contributed by atoms with Gasteiger partial charge in [-0.15, -0.1) is 0 Å². The average molecular weight is 212 g/mol. The van der Waals surface area contributed by atoms with E-state index in [0.717, 1.165) is 0 Å². The third-order valence-corrected chi connectivity index (χ3v) is 2.11. The zero-order valence-corrected chi connectivity index (χ0v) is 9.15. The smallest absolute Gasteiger partial charge is 0.249 e. The van der Waals surface area contributed by atoms with Crippen LogP contribution in [0.2, 0.25) is 0 Å². The number of hydrogen-bond donors (Lipinski definition) is 2. The van der Waals surface area contributed by atoms with Crippen molar-refractivity contribution in [2.24, 2.45) is 10.7 Å². The molecule has 0 aliphatic carbocycles. The van der Waals surface area contributed by atoms with Crippen molar-refractivity contribution in [2.75, 3.05) is 6.54 Å². The molecule has 1 saturated heterocycles. The molecule has 6 nitrogen and oxygen atoms in total. The van der Waals surface area contributed by atoms with Gasteiger partial charge in [0.15, 0.2) is 5.96 Å². The Hall–Kier alpha value is -1.59. The average Bonchev–Trinajstić information content (AvgIpc) is 2.09. The molecule has 15 heavy (non-hydrogen) atoms. The van der Waals surface area contributed by atoms with Crippen LogP contribution in [0.5, 0.6) is 0 Å². The van der Waals surface area contributed by atoms with E-state index in [4.69, 9.17) is 5.73 Å². The maximum atomic E-state index is 11.3. The van der Waals surface area contributed by atoms with E-state index in [-0.39, 0.29) is 30.4 Å². The standard InChI is InChI=1S/C9H16N4O2/c1-5(2)11-9(10)13-4-7(14)12-8(15)6(13)3/h5-6H,4H2,1-3H3,(H2,10,11)(H,12,14,15). The van der Waals surface area contributed by atoms with Crippen LogP contribution in [0.25, 0.3) is 0 Å². The third-order valence-electron chi connectivity index (χ3n) is 2.11. The number of guanidine groups is 1. The van der Waals surface area contributed by atoms with Crippen LogP contribution < -0.4 is 11.1 Å². The van der Waals surface area contributed by atoms with Crippen LogP contribution in [-0.2, 0) is 9.59 Å². The Morgan fingerprint density at radius 1 is 1.60 bits per heavy atom. The normalized spacial score (nSPS) is 23.3. The van der Waals surface area contributed by atoms with E-state index in [1.165, 1.54) is 4.90 Å². The van der Waals surface area contributed by atoms with Crippen LogP contribution >= 0.6 is 0 Å². The zero-order chi connectivity index (χ0) is 11.6. The number of nitrogens with two attached hydrogens (primary N) is 1. The topological polar surface area (TPSA) is 87.8 Å². The number of carbonyl (C=O) groups excluding carboxylic acids is 2. The molecule has 1 fully saturated rings. The maximum Gasteiger partial charge on any atom is 0.249 e. The molecule has 0 aromatic rings. The Balaban J connectivity index is 2.83. The molecule has 1 aliphatic rings. The molecule has 1 aliphatic heterocycles. The van der Waals surface area contributed by atoms with E-state index in [1.807, 2.05) is 13.8 Å². The highest BCUT2D eigenvalue weighted by atomic mass is 16.2. The van der Waals surface area contributed by atoms with E-state index in [0.29, 0.717) is 0 Å². The Labute approximate surface area is 88.5 Å². The number of aliphatic imine (C=N–C) groups is 1. The van der Waals surface area contributed by atoms with Crippen molar-refractivity contribution in [1.82, 2.24) is 10.2 Å². The first kappa shape index (κ1) is 11.5. The van der Waals surface area contributed by atoms with Crippen molar-refractivity contribution in [3.8, 4) is 0 Å². The molecule has 2 amide bonds. The number of amides is 2. The molecule has 0 spiro atoms. The molecule has 0 bridgehead atoms. The van der Waals surface area contributed by atoms with Crippen LogP contribution in [0.1, 0.15) is 20.8 Å². The molecule has 84 valence electrons. The van der Waals surface area contributed by atoms with Crippen molar-refractivity contribution in [2.45, 2.75) is 32.9 Å². The second-order valence-corrected chi connectivity index (χ2v) is 3.80. The van der Waals surface area contributed by atoms with Crippen molar-refractivity contribution < 1.29 is 9.59 Å². The molecular formula is C9H16N4O2. The largest absolute Gasteiger partial charge is 0.370 e. The third kappa shape index (κ3) is 2.68. The molecule has 1 unspecified atom stereocenters. The number of carbonyl (C=O) groups is 2. The number of nitrogens with zero attached hydrogens (tertiary/aromatic N) is 2. The summed E-state index contributed by atoms with van der Waals surface area (Å²) in [6.45, 7) is 5.52. The summed E-state index contributed by atoms with van der Waals surface area (Å²) in [6, 6.07) is -0.414. The zero-order valence-electron chi connectivity index (χ0n) is 9.15. The lowest BCUT2D eigenvalue weighted by molar-refractivity contribution is -0.137. The molecule has 0 saturated carbocycles. The van der Waals surface area contributed by atoms with Crippen molar-refractivity contribution in [3.05, 3.63) is 0 Å². The number of hydrogen-bond acceptors (Lipinski definition) is 3. The first-order chi connectivity index (χ1) is 6.91. The Kier molecular flexibility index (Phi) is 3.28. The maximum absolute atomic E-state index is 11.3.